The second-order valence-corrected chi connectivity index (χ2v) is 6.88. The van der Waals surface area contributed by atoms with E-state index in [2.05, 4.69) is 15.5 Å². The molecule has 1 heterocycles. The van der Waals surface area contributed by atoms with Crippen molar-refractivity contribution in [3.63, 3.8) is 0 Å². The van der Waals surface area contributed by atoms with Crippen LogP contribution in [0.5, 0.6) is 0 Å². The molecule has 21 heavy (non-hydrogen) atoms. The van der Waals surface area contributed by atoms with Crippen molar-refractivity contribution in [1.82, 2.24) is 15.5 Å². The summed E-state index contributed by atoms with van der Waals surface area (Å²) in [4.78, 5) is 25.9. The third-order valence-corrected chi connectivity index (χ3v) is 4.63. The van der Waals surface area contributed by atoms with E-state index >= 15 is 0 Å². The zero-order chi connectivity index (χ0) is 15.2. The molecular weight excluding hydrogens is 266 g/mol. The van der Waals surface area contributed by atoms with Crippen LogP contribution in [0.2, 0.25) is 0 Å². The SMILES string of the molecule is CC(C)CNC(=O)NC(=O)CN1CCC[C@@H]2CCCC[C@@H]21. The number of rotatable bonds is 4. The molecule has 2 N–H and O–H groups in total. The molecule has 0 unspecified atom stereocenters. The van der Waals surface area contributed by atoms with Gasteiger partial charge in [-0.05, 0) is 44.1 Å². The maximum atomic E-state index is 12.0. The molecule has 2 rings (SSSR count). The van der Waals surface area contributed by atoms with Crippen LogP contribution in [-0.2, 0) is 4.79 Å². The molecule has 2 atom stereocenters. The third-order valence-electron chi connectivity index (χ3n) is 4.63. The molecule has 0 radical (unpaired) electrons. The van der Waals surface area contributed by atoms with E-state index in [0.29, 0.717) is 25.0 Å². The molecule has 5 nitrogen and oxygen atoms in total. The number of imide groups is 1. The number of piperidine rings is 1. The Morgan fingerprint density at radius 1 is 1.14 bits per heavy atom. The standard InChI is InChI=1S/C16H29N3O2/c1-12(2)10-17-16(21)18-15(20)11-19-9-5-7-13-6-3-4-8-14(13)19/h12-14H,3-11H2,1-2H3,(H2,17,18,20,21)/t13-,14-/m0/s1. The highest BCUT2D eigenvalue weighted by atomic mass is 16.2. The lowest BCUT2D eigenvalue weighted by atomic mass is 9.78. The van der Waals surface area contributed by atoms with Crippen molar-refractivity contribution in [2.45, 2.75) is 58.4 Å². The molecule has 0 aromatic rings. The van der Waals surface area contributed by atoms with Crippen molar-refractivity contribution < 1.29 is 9.59 Å². The molecule has 0 bridgehead atoms. The minimum Gasteiger partial charge on any atom is -0.338 e. The summed E-state index contributed by atoms with van der Waals surface area (Å²) in [6.07, 6.45) is 7.59. The number of hydrogen-bond donors (Lipinski definition) is 2. The molecule has 120 valence electrons. The van der Waals surface area contributed by atoms with E-state index < -0.39 is 0 Å². The van der Waals surface area contributed by atoms with Crippen LogP contribution >= 0.6 is 0 Å². The van der Waals surface area contributed by atoms with Crippen LogP contribution in [0, 0.1) is 11.8 Å². The first-order valence-electron chi connectivity index (χ1n) is 8.38. The van der Waals surface area contributed by atoms with Crippen molar-refractivity contribution in [3.8, 4) is 0 Å². The lowest BCUT2D eigenvalue weighted by molar-refractivity contribution is -0.122. The van der Waals surface area contributed by atoms with Gasteiger partial charge >= 0.3 is 6.03 Å². The van der Waals surface area contributed by atoms with Gasteiger partial charge in [0.05, 0.1) is 6.54 Å². The molecule has 0 aromatic carbocycles. The molecule has 1 saturated carbocycles. The summed E-state index contributed by atoms with van der Waals surface area (Å²) >= 11 is 0. The molecule has 3 amide bonds. The fraction of sp³-hybridized carbons (Fsp3) is 0.875. The lowest BCUT2D eigenvalue weighted by Crippen LogP contribution is -2.52. The van der Waals surface area contributed by atoms with Gasteiger partial charge in [-0.3, -0.25) is 15.0 Å². The molecule has 2 fully saturated rings. The third kappa shape index (κ3) is 4.99. The van der Waals surface area contributed by atoms with Crippen LogP contribution in [0.15, 0.2) is 0 Å². The number of carbonyl (C=O) groups is 2. The first kappa shape index (κ1) is 16.3. The van der Waals surface area contributed by atoms with Crippen LogP contribution < -0.4 is 10.6 Å². The summed E-state index contributed by atoms with van der Waals surface area (Å²) in [6.45, 7) is 5.99. The second kappa shape index (κ2) is 7.78. The maximum Gasteiger partial charge on any atom is 0.321 e. The average Bonchev–Trinajstić information content (AvgIpc) is 2.45. The van der Waals surface area contributed by atoms with Gasteiger partial charge in [0.2, 0.25) is 5.91 Å². The number of carbonyl (C=O) groups excluding carboxylic acids is 2. The minimum atomic E-state index is -0.370. The molecular formula is C16H29N3O2. The molecule has 0 aromatic heterocycles. The van der Waals surface area contributed by atoms with Gasteiger partial charge in [0, 0.05) is 12.6 Å². The van der Waals surface area contributed by atoms with E-state index in [1.165, 1.54) is 38.5 Å². The number of nitrogens with one attached hydrogen (secondary N) is 2. The van der Waals surface area contributed by atoms with Gasteiger partial charge < -0.3 is 5.32 Å². The van der Waals surface area contributed by atoms with Gasteiger partial charge in [-0.25, -0.2) is 4.79 Å². The number of fused-ring (bicyclic) bond motifs is 1. The topological polar surface area (TPSA) is 61.4 Å². The monoisotopic (exact) mass is 295 g/mol. The molecule has 1 saturated heterocycles. The van der Waals surface area contributed by atoms with Crippen LogP contribution in [0.1, 0.15) is 52.4 Å². The summed E-state index contributed by atoms with van der Waals surface area (Å²) in [6, 6.07) is 0.183. The van der Waals surface area contributed by atoms with E-state index in [4.69, 9.17) is 0 Å². The summed E-state index contributed by atoms with van der Waals surface area (Å²) in [5, 5.41) is 5.16. The number of hydrogen-bond acceptors (Lipinski definition) is 3. The van der Waals surface area contributed by atoms with Gasteiger partial charge in [-0.15, -0.1) is 0 Å². The number of likely N-dealkylation sites (tertiary alicyclic amines) is 1. The Kier molecular flexibility index (Phi) is 6.03. The average molecular weight is 295 g/mol. The molecule has 2 aliphatic rings. The van der Waals surface area contributed by atoms with E-state index in [1.54, 1.807) is 0 Å². The van der Waals surface area contributed by atoms with Crippen molar-refractivity contribution in [2.75, 3.05) is 19.6 Å². The largest absolute Gasteiger partial charge is 0.338 e. The minimum absolute atomic E-state index is 0.178. The summed E-state index contributed by atoms with van der Waals surface area (Å²) < 4.78 is 0. The zero-order valence-corrected chi connectivity index (χ0v) is 13.4. The van der Waals surface area contributed by atoms with Crippen LogP contribution in [0.25, 0.3) is 0 Å². The summed E-state index contributed by atoms with van der Waals surface area (Å²) in [5.74, 6) is 0.966. The normalized spacial score (nSPS) is 26.2. The fourth-order valence-electron chi connectivity index (χ4n) is 3.62. The number of amides is 3. The number of nitrogens with zero attached hydrogens (tertiary/aromatic N) is 1. The van der Waals surface area contributed by atoms with Crippen molar-refractivity contribution >= 4 is 11.9 Å². The smallest absolute Gasteiger partial charge is 0.321 e. The Labute approximate surface area is 127 Å². The number of urea groups is 1. The van der Waals surface area contributed by atoms with Crippen LogP contribution in [0.3, 0.4) is 0 Å². The summed E-state index contributed by atoms with van der Waals surface area (Å²) in [7, 11) is 0. The van der Waals surface area contributed by atoms with Gasteiger partial charge in [0.15, 0.2) is 0 Å². The van der Waals surface area contributed by atoms with Crippen molar-refractivity contribution in [2.24, 2.45) is 11.8 Å². The van der Waals surface area contributed by atoms with Gasteiger partial charge in [-0.1, -0.05) is 26.7 Å². The first-order chi connectivity index (χ1) is 10.1. The predicted octanol–water partition coefficient (Wildman–Crippen LogP) is 2.12. The Morgan fingerprint density at radius 2 is 1.86 bits per heavy atom. The van der Waals surface area contributed by atoms with E-state index in [1.807, 2.05) is 13.8 Å². The van der Waals surface area contributed by atoms with Crippen molar-refractivity contribution in [3.05, 3.63) is 0 Å². The maximum absolute atomic E-state index is 12.0. The zero-order valence-electron chi connectivity index (χ0n) is 13.4. The van der Waals surface area contributed by atoms with Crippen molar-refractivity contribution in [1.29, 1.82) is 0 Å². The Hall–Kier alpha value is -1.10. The van der Waals surface area contributed by atoms with Crippen LogP contribution in [-0.4, -0.2) is 42.5 Å². The molecule has 5 heteroatoms. The lowest BCUT2D eigenvalue weighted by Gasteiger charge is -2.43. The van der Waals surface area contributed by atoms with E-state index in [0.717, 1.165) is 12.5 Å². The summed E-state index contributed by atoms with van der Waals surface area (Å²) in [5.41, 5.74) is 0. The highest BCUT2D eigenvalue weighted by Gasteiger charge is 2.33. The Bertz CT molecular complexity index is 369. The van der Waals surface area contributed by atoms with Gasteiger partial charge in [0.1, 0.15) is 0 Å². The fourth-order valence-corrected chi connectivity index (χ4v) is 3.62. The van der Waals surface area contributed by atoms with E-state index in [-0.39, 0.29) is 11.9 Å². The van der Waals surface area contributed by atoms with Gasteiger partial charge in [0.25, 0.3) is 0 Å². The van der Waals surface area contributed by atoms with Crippen LogP contribution in [0.4, 0.5) is 4.79 Å². The Morgan fingerprint density at radius 3 is 2.62 bits per heavy atom. The second-order valence-electron chi connectivity index (χ2n) is 6.88. The van der Waals surface area contributed by atoms with Gasteiger partial charge in [-0.2, -0.15) is 0 Å². The molecule has 0 spiro atoms. The highest BCUT2D eigenvalue weighted by molar-refractivity contribution is 5.95. The molecule has 1 aliphatic carbocycles. The van der Waals surface area contributed by atoms with E-state index in [9.17, 15) is 9.59 Å². The first-order valence-corrected chi connectivity index (χ1v) is 8.38. The Balaban J connectivity index is 1.77. The highest BCUT2D eigenvalue weighted by Crippen LogP contribution is 2.34. The molecule has 1 aliphatic heterocycles. The quantitative estimate of drug-likeness (QED) is 0.835. The predicted molar refractivity (Wildman–Crippen MR) is 82.9 cm³/mol.